The number of halogens is 1. The molecule has 1 aliphatic rings. The second-order valence-corrected chi connectivity index (χ2v) is 5.33. The summed E-state index contributed by atoms with van der Waals surface area (Å²) in [5.74, 6) is 0. The van der Waals surface area contributed by atoms with E-state index in [9.17, 15) is 4.79 Å². The van der Waals surface area contributed by atoms with E-state index >= 15 is 0 Å². The Balaban J connectivity index is 2.12. The predicted molar refractivity (Wildman–Crippen MR) is 75.9 cm³/mol. The molecule has 0 aromatic carbocycles. The standard InChI is InChI=1S/C13H20ClN3O2/c1-3-5-17-13(18)12(14)11(8-15-17)16-10-4-6-19-9(2)7-10/h8-10,16H,3-7H2,1-2H3. The number of hydrogen-bond donors (Lipinski definition) is 1. The summed E-state index contributed by atoms with van der Waals surface area (Å²) in [4.78, 5) is 12.0. The van der Waals surface area contributed by atoms with Gasteiger partial charge < -0.3 is 10.1 Å². The molecule has 106 valence electrons. The molecule has 1 N–H and O–H groups in total. The van der Waals surface area contributed by atoms with Gasteiger partial charge in [-0.3, -0.25) is 4.79 Å². The third-order valence-corrected chi connectivity index (χ3v) is 3.63. The van der Waals surface area contributed by atoms with Crippen molar-refractivity contribution in [3.63, 3.8) is 0 Å². The minimum Gasteiger partial charge on any atom is -0.379 e. The van der Waals surface area contributed by atoms with E-state index < -0.39 is 0 Å². The van der Waals surface area contributed by atoms with E-state index in [1.807, 2.05) is 13.8 Å². The maximum Gasteiger partial charge on any atom is 0.287 e. The van der Waals surface area contributed by atoms with Crippen molar-refractivity contribution < 1.29 is 4.74 Å². The summed E-state index contributed by atoms with van der Waals surface area (Å²) in [5, 5.41) is 7.67. The third kappa shape index (κ3) is 3.48. The number of nitrogens with one attached hydrogen (secondary N) is 1. The number of rotatable bonds is 4. The number of ether oxygens (including phenoxy) is 1. The van der Waals surface area contributed by atoms with Crippen LogP contribution in [0.2, 0.25) is 5.02 Å². The zero-order valence-corrected chi connectivity index (χ0v) is 12.1. The van der Waals surface area contributed by atoms with Crippen molar-refractivity contribution in [3.8, 4) is 0 Å². The first-order valence-corrected chi connectivity index (χ1v) is 7.13. The number of aryl methyl sites for hydroxylation is 1. The van der Waals surface area contributed by atoms with Gasteiger partial charge in [0.1, 0.15) is 5.02 Å². The summed E-state index contributed by atoms with van der Waals surface area (Å²) in [5.41, 5.74) is 0.395. The van der Waals surface area contributed by atoms with Gasteiger partial charge in [-0.15, -0.1) is 0 Å². The topological polar surface area (TPSA) is 56.1 Å². The van der Waals surface area contributed by atoms with E-state index in [1.165, 1.54) is 4.68 Å². The largest absolute Gasteiger partial charge is 0.379 e. The molecule has 0 aliphatic carbocycles. The van der Waals surface area contributed by atoms with E-state index in [0.717, 1.165) is 25.9 Å². The fraction of sp³-hybridized carbons (Fsp3) is 0.692. The quantitative estimate of drug-likeness (QED) is 0.922. The van der Waals surface area contributed by atoms with Crippen LogP contribution in [-0.2, 0) is 11.3 Å². The van der Waals surface area contributed by atoms with Crippen LogP contribution < -0.4 is 10.9 Å². The Kier molecular flexibility index (Phi) is 4.82. The van der Waals surface area contributed by atoms with Gasteiger partial charge in [-0.25, -0.2) is 4.68 Å². The molecular weight excluding hydrogens is 266 g/mol. The Morgan fingerprint density at radius 1 is 1.63 bits per heavy atom. The number of nitrogens with zero attached hydrogens (tertiary/aromatic N) is 2. The minimum atomic E-state index is -0.228. The average molecular weight is 286 g/mol. The Morgan fingerprint density at radius 2 is 2.42 bits per heavy atom. The fourth-order valence-electron chi connectivity index (χ4n) is 2.29. The van der Waals surface area contributed by atoms with Crippen LogP contribution in [0.25, 0.3) is 0 Å². The smallest absolute Gasteiger partial charge is 0.287 e. The predicted octanol–water partition coefficient (Wildman–Crippen LogP) is 2.29. The molecule has 1 aromatic heterocycles. The molecule has 0 bridgehead atoms. The first-order valence-electron chi connectivity index (χ1n) is 6.75. The van der Waals surface area contributed by atoms with Crippen LogP contribution in [0, 0.1) is 0 Å². The monoisotopic (exact) mass is 285 g/mol. The van der Waals surface area contributed by atoms with Crippen LogP contribution in [0.15, 0.2) is 11.0 Å². The second-order valence-electron chi connectivity index (χ2n) is 4.95. The van der Waals surface area contributed by atoms with Crippen molar-refractivity contribution in [1.29, 1.82) is 0 Å². The summed E-state index contributed by atoms with van der Waals surface area (Å²) in [7, 11) is 0. The zero-order chi connectivity index (χ0) is 13.8. The SMILES string of the molecule is CCCn1ncc(NC2CCOC(C)C2)c(Cl)c1=O. The molecule has 1 aliphatic heterocycles. The molecule has 0 amide bonds. The van der Waals surface area contributed by atoms with Crippen LogP contribution in [0.1, 0.15) is 33.1 Å². The Hall–Kier alpha value is -1.07. The molecule has 2 atom stereocenters. The van der Waals surface area contributed by atoms with E-state index in [0.29, 0.717) is 12.2 Å². The van der Waals surface area contributed by atoms with Gasteiger partial charge in [0.2, 0.25) is 0 Å². The van der Waals surface area contributed by atoms with Gasteiger partial charge in [0.25, 0.3) is 5.56 Å². The molecule has 1 saturated heterocycles. The molecule has 2 rings (SSSR count). The van der Waals surface area contributed by atoms with Gasteiger partial charge >= 0.3 is 0 Å². The second kappa shape index (κ2) is 6.39. The minimum absolute atomic E-state index is 0.225. The third-order valence-electron chi connectivity index (χ3n) is 3.27. The first-order chi connectivity index (χ1) is 9.11. The number of anilines is 1. The van der Waals surface area contributed by atoms with Crippen LogP contribution in [0.5, 0.6) is 0 Å². The molecule has 0 saturated carbocycles. The molecule has 19 heavy (non-hydrogen) atoms. The Morgan fingerprint density at radius 3 is 3.11 bits per heavy atom. The van der Waals surface area contributed by atoms with Gasteiger partial charge in [0, 0.05) is 19.2 Å². The van der Waals surface area contributed by atoms with Crippen LogP contribution in [0.3, 0.4) is 0 Å². The lowest BCUT2D eigenvalue weighted by Gasteiger charge is -2.28. The zero-order valence-electron chi connectivity index (χ0n) is 11.4. The van der Waals surface area contributed by atoms with Crippen molar-refractivity contribution >= 4 is 17.3 Å². The Labute approximate surface area is 117 Å². The molecule has 1 fully saturated rings. The lowest BCUT2D eigenvalue weighted by Crippen LogP contribution is -2.33. The average Bonchev–Trinajstić information content (AvgIpc) is 2.39. The molecule has 0 spiro atoms. The van der Waals surface area contributed by atoms with E-state index in [4.69, 9.17) is 16.3 Å². The lowest BCUT2D eigenvalue weighted by molar-refractivity contribution is 0.0232. The highest BCUT2D eigenvalue weighted by molar-refractivity contribution is 6.32. The molecule has 0 radical (unpaired) electrons. The highest BCUT2D eigenvalue weighted by atomic mass is 35.5. The van der Waals surface area contributed by atoms with Gasteiger partial charge in [-0.2, -0.15) is 5.10 Å². The van der Waals surface area contributed by atoms with Crippen molar-refractivity contribution in [2.75, 3.05) is 11.9 Å². The van der Waals surface area contributed by atoms with Gasteiger partial charge in [0.15, 0.2) is 0 Å². The number of hydrogen-bond acceptors (Lipinski definition) is 4. The van der Waals surface area contributed by atoms with Crippen LogP contribution in [0.4, 0.5) is 5.69 Å². The molecule has 2 heterocycles. The molecular formula is C13H20ClN3O2. The van der Waals surface area contributed by atoms with Crippen molar-refractivity contribution in [2.45, 2.75) is 51.8 Å². The summed E-state index contributed by atoms with van der Waals surface area (Å²) >= 11 is 6.12. The Bertz CT molecular complexity index is 489. The number of aromatic nitrogens is 2. The summed E-state index contributed by atoms with van der Waals surface area (Å²) in [6.45, 7) is 5.37. The maximum absolute atomic E-state index is 12.0. The summed E-state index contributed by atoms with van der Waals surface area (Å²) in [6.07, 6.45) is 4.55. The van der Waals surface area contributed by atoms with E-state index in [1.54, 1.807) is 6.20 Å². The first kappa shape index (κ1) is 14.3. The van der Waals surface area contributed by atoms with Gasteiger partial charge in [-0.1, -0.05) is 18.5 Å². The maximum atomic E-state index is 12.0. The summed E-state index contributed by atoms with van der Waals surface area (Å²) in [6, 6.07) is 0.282. The summed E-state index contributed by atoms with van der Waals surface area (Å²) < 4.78 is 6.90. The van der Waals surface area contributed by atoms with Crippen LogP contribution >= 0.6 is 11.6 Å². The highest BCUT2D eigenvalue weighted by Crippen LogP contribution is 2.21. The van der Waals surface area contributed by atoms with Gasteiger partial charge in [0.05, 0.1) is 18.0 Å². The van der Waals surface area contributed by atoms with E-state index in [-0.39, 0.29) is 22.7 Å². The molecule has 1 aromatic rings. The fourth-order valence-corrected chi connectivity index (χ4v) is 2.49. The molecule has 6 heteroatoms. The molecule has 2 unspecified atom stereocenters. The van der Waals surface area contributed by atoms with Crippen molar-refractivity contribution in [1.82, 2.24) is 9.78 Å². The van der Waals surface area contributed by atoms with Crippen LogP contribution in [-0.4, -0.2) is 28.5 Å². The normalized spacial score (nSPS) is 23.3. The van der Waals surface area contributed by atoms with E-state index in [2.05, 4.69) is 10.4 Å². The van der Waals surface area contributed by atoms with Gasteiger partial charge in [-0.05, 0) is 26.2 Å². The lowest BCUT2D eigenvalue weighted by atomic mass is 10.0. The van der Waals surface area contributed by atoms with Crippen molar-refractivity contribution in [2.24, 2.45) is 0 Å². The van der Waals surface area contributed by atoms with Crippen molar-refractivity contribution in [3.05, 3.63) is 21.6 Å². The highest BCUT2D eigenvalue weighted by Gasteiger charge is 2.20. The molecule has 5 nitrogen and oxygen atoms in total.